The topological polar surface area (TPSA) is 41.9 Å². The summed E-state index contributed by atoms with van der Waals surface area (Å²) in [4.78, 5) is 2.28. The minimum absolute atomic E-state index is 0.213. The van der Waals surface area contributed by atoms with Crippen molar-refractivity contribution in [1.82, 2.24) is 4.90 Å². The SMILES string of the molecule is COc1cccc(CC2CN(C)CCC2O)c1OCc1ccccc1. The Morgan fingerprint density at radius 2 is 1.92 bits per heavy atom. The summed E-state index contributed by atoms with van der Waals surface area (Å²) in [5, 5.41) is 10.4. The smallest absolute Gasteiger partial charge is 0.164 e. The Morgan fingerprint density at radius 3 is 2.68 bits per heavy atom. The molecule has 2 unspecified atom stereocenters. The zero-order valence-electron chi connectivity index (χ0n) is 15.0. The van der Waals surface area contributed by atoms with Crippen LogP contribution in [0, 0.1) is 5.92 Å². The summed E-state index contributed by atoms with van der Waals surface area (Å²) >= 11 is 0. The van der Waals surface area contributed by atoms with Gasteiger partial charge in [0.1, 0.15) is 6.61 Å². The molecule has 0 amide bonds. The molecule has 2 atom stereocenters. The van der Waals surface area contributed by atoms with Gasteiger partial charge in [0.25, 0.3) is 0 Å². The molecule has 1 aliphatic rings. The standard InChI is InChI=1S/C21H27NO3/c1-22-12-11-19(23)18(14-22)13-17-9-6-10-20(24-2)21(17)25-15-16-7-4-3-5-8-16/h3-10,18-19,23H,11-15H2,1-2H3. The maximum atomic E-state index is 10.4. The first-order valence-electron chi connectivity index (χ1n) is 8.86. The molecule has 1 heterocycles. The third-order valence-electron chi connectivity index (χ3n) is 4.89. The Hall–Kier alpha value is -2.04. The van der Waals surface area contributed by atoms with Gasteiger partial charge in [-0.05, 0) is 37.1 Å². The van der Waals surface area contributed by atoms with Crippen LogP contribution in [-0.2, 0) is 13.0 Å². The quantitative estimate of drug-likeness (QED) is 0.876. The van der Waals surface area contributed by atoms with E-state index in [0.717, 1.165) is 48.6 Å². The average Bonchev–Trinajstić information content (AvgIpc) is 2.64. The van der Waals surface area contributed by atoms with Crippen LogP contribution in [0.15, 0.2) is 48.5 Å². The summed E-state index contributed by atoms with van der Waals surface area (Å²) in [5.74, 6) is 1.74. The number of benzene rings is 2. The summed E-state index contributed by atoms with van der Waals surface area (Å²) in [6.45, 7) is 2.35. The second kappa shape index (κ2) is 8.37. The van der Waals surface area contributed by atoms with Crippen LogP contribution in [0.2, 0.25) is 0 Å². The Morgan fingerprint density at radius 1 is 1.12 bits per heavy atom. The van der Waals surface area contributed by atoms with Crippen LogP contribution >= 0.6 is 0 Å². The molecule has 1 saturated heterocycles. The van der Waals surface area contributed by atoms with Gasteiger partial charge in [-0.2, -0.15) is 0 Å². The first-order chi connectivity index (χ1) is 12.2. The number of para-hydroxylation sites is 1. The molecule has 4 nitrogen and oxygen atoms in total. The highest BCUT2D eigenvalue weighted by Gasteiger charge is 2.27. The van der Waals surface area contributed by atoms with E-state index >= 15 is 0 Å². The first-order valence-corrected chi connectivity index (χ1v) is 8.86. The van der Waals surface area contributed by atoms with Crippen molar-refractivity contribution in [2.45, 2.75) is 25.6 Å². The molecule has 25 heavy (non-hydrogen) atoms. The lowest BCUT2D eigenvalue weighted by molar-refractivity contribution is 0.0363. The monoisotopic (exact) mass is 341 g/mol. The van der Waals surface area contributed by atoms with Gasteiger partial charge in [-0.3, -0.25) is 0 Å². The molecule has 0 spiro atoms. The highest BCUT2D eigenvalue weighted by atomic mass is 16.5. The highest BCUT2D eigenvalue weighted by Crippen LogP contribution is 2.34. The maximum absolute atomic E-state index is 10.4. The lowest BCUT2D eigenvalue weighted by Gasteiger charge is -2.34. The summed E-state index contributed by atoms with van der Waals surface area (Å²) < 4.78 is 11.6. The second-order valence-electron chi connectivity index (χ2n) is 6.81. The van der Waals surface area contributed by atoms with Crippen molar-refractivity contribution in [2.24, 2.45) is 5.92 Å². The molecule has 3 rings (SSSR count). The fourth-order valence-corrected chi connectivity index (χ4v) is 3.46. The number of ether oxygens (including phenoxy) is 2. The molecule has 0 aromatic heterocycles. The van der Waals surface area contributed by atoms with Gasteiger partial charge in [0.05, 0.1) is 13.2 Å². The molecule has 134 valence electrons. The number of aliphatic hydroxyl groups excluding tert-OH is 1. The van der Waals surface area contributed by atoms with Crippen LogP contribution in [0.4, 0.5) is 0 Å². The number of rotatable bonds is 6. The van der Waals surface area contributed by atoms with Gasteiger partial charge in [-0.15, -0.1) is 0 Å². The fourth-order valence-electron chi connectivity index (χ4n) is 3.46. The molecule has 1 aliphatic heterocycles. The summed E-state index contributed by atoms with van der Waals surface area (Å²) in [5.41, 5.74) is 2.21. The van der Waals surface area contributed by atoms with Crippen LogP contribution in [0.5, 0.6) is 11.5 Å². The summed E-state index contributed by atoms with van der Waals surface area (Å²) in [6.07, 6.45) is 1.35. The molecule has 0 radical (unpaired) electrons. The lowest BCUT2D eigenvalue weighted by Crippen LogP contribution is -2.42. The highest BCUT2D eigenvalue weighted by molar-refractivity contribution is 5.47. The molecule has 0 saturated carbocycles. The van der Waals surface area contributed by atoms with Crippen LogP contribution in [0.3, 0.4) is 0 Å². The minimum atomic E-state index is -0.260. The van der Waals surface area contributed by atoms with E-state index in [0.29, 0.717) is 6.61 Å². The van der Waals surface area contributed by atoms with E-state index < -0.39 is 0 Å². The van der Waals surface area contributed by atoms with E-state index in [1.807, 2.05) is 30.3 Å². The summed E-state index contributed by atoms with van der Waals surface area (Å²) in [6, 6.07) is 16.1. The van der Waals surface area contributed by atoms with E-state index in [9.17, 15) is 5.11 Å². The molecule has 1 fully saturated rings. The molecule has 2 aromatic carbocycles. The number of hydrogen-bond donors (Lipinski definition) is 1. The molecule has 1 N–H and O–H groups in total. The van der Waals surface area contributed by atoms with Crippen LogP contribution in [-0.4, -0.2) is 43.4 Å². The Balaban J connectivity index is 1.78. The molecule has 0 aliphatic carbocycles. The Kier molecular flexibility index (Phi) is 5.95. The van der Waals surface area contributed by atoms with Crippen molar-refractivity contribution < 1.29 is 14.6 Å². The fraction of sp³-hybridized carbons (Fsp3) is 0.429. The number of nitrogens with zero attached hydrogens (tertiary/aromatic N) is 1. The molecule has 2 aromatic rings. The van der Waals surface area contributed by atoms with Gasteiger partial charge in [-0.1, -0.05) is 42.5 Å². The predicted octanol–water partition coefficient (Wildman–Crippen LogP) is 3.13. The molecular formula is C21H27NO3. The van der Waals surface area contributed by atoms with Crippen LogP contribution in [0.1, 0.15) is 17.5 Å². The van der Waals surface area contributed by atoms with Gasteiger partial charge in [-0.25, -0.2) is 0 Å². The van der Waals surface area contributed by atoms with Gasteiger partial charge >= 0.3 is 0 Å². The van der Waals surface area contributed by atoms with E-state index in [1.54, 1.807) is 7.11 Å². The van der Waals surface area contributed by atoms with Gasteiger partial charge in [0, 0.05) is 19.0 Å². The Bertz CT molecular complexity index is 674. The third kappa shape index (κ3) is 4.53. The Labute approximate surface area is 150 Å². The van der Waals surface area contributed by atoms with Crippen molar-refractivity contribution in [1.29, 1.82) is 0 Å². The third-order valence-corrected chi connectivity index (χ3v) is 4.89. The van der Waals surface area contributed by atoms with E-state index in [-0.39, 0.29) is 12.0 Å². The van der Waals surface area contributed by atoms with Crippen LogP contribution < -0.4 is 9.47 Å². The number of hydrogen-bond acceptors (Lipinski definition) is 4. The van der Waals surface area contributed by atoms with Crippen molar-refractivity contribution >= 4 is 0 Å². The second-order valence-corrected chi connectivity index (χ2v) is 6.81. The van der Waals surface area contributed by atoms with Gasteiger partial charge in [0.2, 0.25) is 0 Å². The minimum Gasteiger partial charge on any atom is -0.493 e. The number of methoxy groups -OCH3 is 1. The van der Waals surface area contributed by atoms with E-state index in [4.69, 9.17) is 9.47 Å². The number of likely N-dealkylation sites (tertiary alicyclic amines) is 1. The van der Waals surface area contributed by atoms with Crippen molar-refractivity contribution in [2.75, 3.05) is 27.2 Å². The van der Waals surface area contributed by atoms with Crippen molar-refractivity contribution in [3.05, 3.63) is 59.7 Å². The van der Waals surface area contributed by atoms with Crippen LogP contribution in [0.25, 0.3) is 0 Å². The van der Waals surface area contributed by atoms with Crippen molar-refractivity contribution in [3.8, 4) is 11.5 Å². The average molecular weight is 341 g/mol. The molecule has 4 heteroatoms. The largest absolute Gasteiger partial charge is 0.493 e. The number of aliphatic hydroxyl groups is 1. The van der Waals surface area contributed by atoms with Crippen molar-refractivity contribution in [3.63, 3.8) is 0 Å². The first kappa shape index (κ1) is 17.8. The van der Waals surface area contributed by atoms with E-state index in [2.05, 4.69) is 30.1 Å². The summed E-state index contributed by atoms with van der Waals surface area (Å²) in [7, 11) is 3.77. The van der Waals surface area contributed by atoms with Gasteiger partial charge < -0.3 is 19.5 Å². The van der Waals surface area contributed by atoms with Gasteiger partial charge in [0.15, 0.2) is 11.5 Å². The molecule has 0 bridgehead atoms. The number of piperidine rings is 1. The normalized spacial score (nSPS) is 21.1. The maximum Gasteiger partial charge on any atom is 0.164 e. The molecular weight excluding hydrogens is 314 g/mol. The zero-order chi connectivity index (χ0) is 17.6. The lowest BCUT2D eigenvalue weighted by atomic mass is 9.88. The van der Waals surface area contributed by atoms with E-state index in [1.165, 1.54) is 0 Å². The zero-order valence-corrected chi connectivity index (χ0v) is 15.0. The predicted molar refractivity (Wildman–Crippen MR) is 99.1 cm³/mol.